The predicted octanol–water partition coefficient (Wildman–Crippen LogP) is 2.45. The van der Waals surface area contributed by atoms with Crippen molar-refractivity contribution in [3.63, 3.8) is 0 Å². The maximum Gasteiger partial charge on any atom is 0.238 e. The number of hydrogen-bond donors (Lipinski definition) is 0. The first-order valence-corrected chi connectivity index (χ1v) is 6.26. The quantitative estimate of drug-likeness (QED) is 0.596. The molecule has 0 radical (unpaired) electrons. The van der Waals surface area contributed by atoms with Crippen LogP contribution in [-0.4, -0.2) is 35.0 Å². The fourth-order valence-corrected chi connectivity index (χ4v) is 3.02. The Morgan fingerprint density at radius 3 is 2.56 bits per heavy atom. The average Bonchev–Trinajstić information content (AvgIpc) is 2.50. The molecule has 1 fully saturated rings. The topological polar surface area (TPSA) is 46.4 Å². The van der Waals surface area contributed by atoms with E-state index < -0.39 is 11.6 Å². The van der Waals surface area contributed by atoms with Gasteiger partial charge in [0, 0.05) is 11.5 Å². The Kier molecular flexibility index (Phi) is 3.15. The lowest BCUT2D eigenvalue weighted by Crippen LogP contribution is -2.47. The molecular weight excluding hydrogens is 228 g/mol. The highest BCUT2D eigenvalue weighted by Gasteiger charge is 2.54. The summed E-state index contributed by atoms with van der Waals surface area (Å²) in [6.07, 6.45) is 0. The molecule has 1 saturated heterocycles. The highest BCUT2D eigenvalue weighted by Crippen LogP contribution is 2.40. The Morgan fingerprint density at radius 2 is 2.00 bits per heavy atom. The van der Waals surface area contributed by atoms with E-state index in [9.17, 15) is 10.1 Å². The van der Waals surface area contributed by atoms with Gasteiger partial charge in [0.1, 0.15) is 0 Å². The van der Waals surface area contributed by atoms with E-state index in [1.807, 2.05) is 52.1 Å². The number of likely N-dealkylation sites (tertiary alicyclic amines) is 1. The van der Waals surface area contributed by atoms with E-state index in [1.165, 1.54) is 0 Å². The Labute approximate surface area is 108 Å². The highest BCUT2D eigenvalue weighted by molar-refractivity contribution is 5.32. The second-order valence-electron chi connectivity index (χ2n) is 5.73. The summed E-state index contributed by atoms with van der Waals surface area (Å²) in [6, 6.07) is 7.43. The summed E-state index contributed by atoms with van der Waals surface area (Å²) in [5.41, 5.74) is 1.84. The molecule has 1 aliphatic rings. The molecule has 18 heavy (non-hydrogen) atoms. The van der Waals surface area contributed by atoms with Crippen LogP contribution in [0.5, 0.6) is 0 Å². The van der Waals surface area contributed by atoms with E-state index in [0.29, 0.717) is 0 Å². The summed E-state index contributed by atoms with van der Waals surface area (Å²) in [5.74, 6) is -0.0267. The maximum absolute atomic E-state index is 11.4. The molecule has 0 aromatic heterocycles. The molecule has 1 heterocycles. The maximum atomic E-state index is 11.4. The van der Waals surface area contributed by atoms with Crippen molar-refractivity contribution >= 4 is 0 Å². The monoisotopic (exact) mass is 248 g/mol. The fourth-order valence-electron chi connectivity index (χ4n) is 3.02. The van der Waals surface area contributed by atoms with Crippen LogP contribution in [0.3, 0.4) is 0 Å². The minimum absolute atomic E-state index is 0.0267. The molecule has 1 aromatic rings. The lowest BCUT2D eigenvalue weighted by molar-refractivity contribution is -0.534. The molecule has 4 nitrogen and oxygen atoms in total. The number of benzene rings is 1. The van der Waals surface area contributed by atoms with E-state index in [0.717, 1.165) is 17.7 Å². The minimum Gasteiger partial charge on any atom is -0.294 e. The Morgan fingerprint density at radius 1 is 1.39 bits per heavy atom. The molecular formula is C14H20N2O2. The van der Waals surface area contributed by atoms with Gasteiger partial charge in [0.05, 0.1) is 11.5 Å². The normalized spacial score (nSPS) is 27.3. The van der Waals surface area contributed by atoms with Crippen LogP contribution in [0.1, 0.15) is 30.9 Å². The molecule has 98 valence electrons. The van der Waals surface area contributed by atoms with E-state index in [1.54, 1.807) is 0 Å². The number of likely N-dealkylation sites (N-methyl/N-ethyl adjacent to an activating group) is 1. The van der Waals surface area contributed by atoms with Gasteiger partial charge in [-0.3, -0.25) is 15.0 Å². The Balaban J connectivity index is 2.45. The molecule has 2 rings (SSSR count). The molecule has 4 heteroatoms. The van der Waals surface area contributed by atoms with Crippen molar-refractivity contribution in [3.8, 4) is 0 Å². The second-order valence-corrected chi connectivity index (χ2v) is 5.73. The van der Waals surface area contributed by atoms with E-state index in [-0.39, 0.29) is 10.8 Å². The highest BCUT2D eigenvalue weighted by atomic mass is 16.6. The number of nitrogens with zero attached hydrogens (tertiary/aromatic N) is 2. The van der Waals surface area contributed by atoms with Crippen molar-refractivity contribution in [2.75, 3.05) is 13.6 Å². The summed E-state index contributed by atoms with van der Waals surface area (Å²) in [4.78, 5) is 13.4. The van der Waals surface area contributed by atoms with Crippen molar-refractivity contribution in [1.82, 2.24) is 4.90 Å². The van der Waals surface area contributed by atoms with E-state index in [4.69, 9.17) is 0 Å². The predicted molar refractivity (Wildman–Crippen MR) is 71.4 cm³/mol. The molecule has 2 unspecified atom stereocenters. The van der Waals surface area contributed by atoms with Crippen molar-refractivity contribution in [1.29, 1.82) is 0 Å². The zero-order valence-corrected chi connectivity index (χ0v) is 11.4. The zero-order chi connectivity index (χ0) is 13.5. The Hall–Kier alpha value is -1.42. The molecule has 1 aliphatic heterocycles. The minimum atomic E-state index is -0.552. The molecule has 2 atom stereocenters. The SMILES string of the molecule is Cc1ccccc1C1CN(C)C(C)(C)C1[N+](=O)[O-]. The van der Waals surface area contributed by atoms with Crippen molar-refractivity contribution in [2.24, 2.45) is 0 Å². The molecule has 0 amide bonds. The largest absolute Gasteiger partial charge is 0.294 e. The fraction of sp³-hybridized carbons (Fsp3) is 0.571. The lowest BCUT2D eigenvalue weighted by Gasteiger charge is -2.28. The van der Waals surface area contributed by atoms with Gasteiger partial charge in [-0.2, -0.15) is 0 Å². The molecule has 0 N–H and O–H groups in total. The summed E-state index contributed by atoms with van der Waals surface area (Å²) >= 11 is 0. The van der Waals surface area contributed by atoms with Gasteiger partial charge in [0.2, 0.25) is 6.04 Å². The van der Waals surface area contributed by atoms with Crippen molar-refractivity contribution < 1.29 is 4.92 Å². The van der Waals surface area contributed by atoms with Crippen molar-refractivity contribution in [2.45, 2.75) is 38.3 Å². The summed E-state index contributed by atoms with van der Waals surface area (Å²) in [7, 11) is 1.97. The Bertz CT molecular complexity index is 471. The third-order valence-electron chi connectivity index (χ3n) is 4.37. The smallest absolute Gasteiger partial charge is 0.238 e. The van der Waals surface area contributed by atoms with Gasteiger partial charge in [-0.1, -0.05) is 24.3 Å². The molecule has 0 bridgehead atoms. The summed E-state index contributed by atoms with van der Waals surface area (Å²) in [6.45, 7) is 6.68. The van der Waals surface area contributed by atoms with Crippen LogP contribution in [0.2, 0.25) is 0 Å². The third kappa shape index (κ3) is 1.90. The van der Waals surface area contributed by atoms with Crippen LogP contribution < -0.4 is 0 Å². The van der Waals surface area contributed by atoms with Gasteiger partial charge >= 0.3 is 0 Å². The van der Waals surface area contributed by atoms with Crippen LogP contribution in [0.25, 0.3) is 0 Å². The van der Waals surface area contributed by atoms with Gasteiger partial charge in [-0.25, -0.2) is 0 Å². The molecule has 1 aromatic carbocycles. The van der Waals surface area contributed by atoms with E-state index >= 15 is 0 Å². The zero-order valence-electron chi connectivity index (χ0n) is 11.4. The number of aryl methyl sites for hydroxylation is 1. The summed E-state index contributed by atoms with van der Waals surface area (Å²) < 4.78 is 0. The first kappa shape index (κ1) is 13.0. The van der Waals surface area contributed by atoms with Crippen LogP contribution >= 0.6 is 0 Å². The van der Waals surface area contributed by atoms with Crippen LogP contribution in [-0.2, 0) is 0 Å². The van der Waals surface area contributed by atoms with Crippen molar-refractivity contribution in [3.05, 3.63) is 45.5 Å². The van der Waals surface area contributed by atoms with Crippen LogP contribution in [0.4, 0.5) is 0 Å². The first-order chi connectivity index (χ1) is 8.35. The summed E-state index contributed by atoms with van der Waals surface area (Å²) in [5, 5.41) is 11.4. The second kappa shape index (κ2) is 4.35. The molecule has 0 saturated carbocycles. The average molecular weight is 248 g/mol. The third-order valence-corrected chi connectivity index (χ3v) is 4.37. The van der Waals surface area contributed by atoms with Gasteiger partial charge < -0.3 is 0 Å². The van der Waals surface area contributed by atoms with Crippen LogP contribution in [0, 0.1) is 17.0 Å². The van der Waals surface area contributed by atoms with Gasteiger partial charge in [0.25, 0.3) is 0 Å². The van der Waals surface area contributed by atoms with Gasteiger partial charge in [-0.15, -0.1) is 0 Å². The molecule has 0 aliphatic carbocycles. The lowest BCUT2D eigenvalue weighted by atomic mass is 9.84. The van der Waals surface area contributed by atoms with Crippen LogP contribution in [0.15, 0.2) is 24.3 Å². The number of rotatable bonds is 2. The number of nitro groups is 1. The van der Waals surface area contributed by atoms with Gasteiger partial charge in [0.15, 0.2) is 0 Å². The standard InChI is InChI=1S/C14H20N2O2/c1-10-7-5-6-8-11(10)12-9-15(4)14(2,3)13(12)16(17)18/h5-8,12-13H,9H2,1-4H3. The first-order valence-electron chi connectivity index (χ1n) is 6.26. The number of hydrogen-bond acceptors (Lipinski definition) is 3. The van der Waals surface area contributed by atoms with E-state index in [2.05, 4.69) is 4.90 Å². The van der Waals surface area contributed by atoms with Gasteiger partial charge in [-0.05, 0) is 38.9 Å². The molecule has 0 spiro atoms.